The quantitative estimate of drug-likeness (QED) is 0.813. The van der Waals surface area contributed by atoms with Crippen LogP contribution in [-0.4, -0.2) is 43.5 Å². The summed E-state index contributed by atoms with van der Waals surface area (Å²) in [5.74, 6) is -3.42. The predicted molar refractivity (Wildman–Crippen MR) is 80.5 cm³/mol. The van der Waals surface area contributed by atoms with Gasteiger partial charge in [0.15, 0.2) is 6.10 Å². The second-order valence-electron chi connectivity index (χ2n) is 5.30. The first kappa shape index (κ1) is 17.1. The number of hydrogen-bond donors (Lipinski definition) is 2. The largest absolute Gasteiger partial charge is 0.479 e. The molecular formula is C15H19F2N3O3. The molecule has 8 heteroatoms. The van der Waals surface area contributed by atoms with Crippen LogP contribution in [0.4, 0.5) is 14.5 Å². The fraction of sp³-hybridized carbons (Fsp3) is 0.467. The Morgan fingerprint density at radius 2 is 2.13 bits per heavy atom. The van der Waals surface area contributed by atoms with Crippen molar-refractivity contribution in [1.82, 2.24) is 5.32 Å². The minimum Gasteiger partial charge on any atom is -0.479 e. The second kappa shape index (κ2) is 6.91. The Morgan fingerprint density at radius 1 is 1.43 bits per heavy atom. The van der Waals surface area contributed by atoms with Gasteiger partial charge in [-0.15, -0.1) is 0 Å². The van der Waals surface area contributed by atoms with E-state index < -0.39 is 31.0 Å². The average molecular weight is 327 g/mol. The summed E-state index contributed by atoms with van der Waals surface area (Å²) in [7, 11) is 0. The molecule has 6 nitrogen and oxygen atoms in total. The Morgan fingerprint density at radius 3 is 2.83 bits per heavy atom. The molecule has 1 aromatic rings. The van der Waals surface area contributed by atoms with Gasteiger partial charge in [-0.1, -0.05) is 12.1 Å². The summed E-state index contributed by atoms with van der Waals surface area (Å²) in [6.07, 6.45) is -0.748. The number of hydrogen-bond acceptors (Lipinski definition) is 4. The van der Waals surface area contributed by atoms with Crippen LogP contribution >= 0.6 is 0 Å². The Labute approximate surface area is 132 Å². The van der Waals surface area contributed by atoms with E-state index in [9.17, 15) is 18.4 Å². The lowest BCUT2D eigenvalue weighted by Gasteiger charge is -2.32. The molecular weight excluding hydrogens is 308 g/mol. The van der Waals surface area contributed by atoms with Gasteiger partial charge in [0.05, 0.1) is 18.8 Å². The summed E-state index contributed by atoms with van der Waals surface area (Å²) in [5, 5.41) is 2.13. The molecule has 1 aliphatic heterocycles. The number of nitrogens with one attached hydrogen (secondary N) is 1. The molecule has 1 unspecified atom stereocenters. The summed E-state index contributed by atoms with van der Waals surface area (Å²) in [5.41, 5.74) is 5.47. The van der Waals surface area contributed by atoms with Gasteiger partial charge >= 0.3 is 0 Å². The lowest BCUT2D eigenvalue weighted by Crippen LogP contribution is -2.46. The minimum atomic E-state index is -3.13. The van der Waals surface area contributed by atoms with Crippen LogP contribution in [0.5, 0.6) is 5.75 Å². The third kappa shape index (κ3) is 4.16. The number of nitrogens with zero attached hydrogens (tertiary/aromatic N) is 1. The number of halogens is 2. The standard InChI is InChI=1S/C15H19F2N3O3/c1-10-14(22)20(11-4-2-3-5-12(11)23-10)7-6-13(21)19-9-15(16,17)8-18/h2-5,10H,6-9,18H2,1H3,(H,19,21). The van der Waals surface area contributed by atoms with Gasteiger partial charge in [-0.05, 0) is 19.1 Å². The van der Waals surface area contributed by atoms with E-state index in [1.165, 1.54) is 4.90 Å². The van der Waals surface area contributed by atoms with Crippen LogP contribution in [0.2, 0.25) is 0 Å². The molecule has 1 atom stereocenters. The number of anilines is 1. The third-order valence-corrected chi connectivity index (χ3v) is 3.48. The van der Waals surface area contributed by atoms with Crippen molar-refractivity contribution >= 4 is 17.5 Å². The number of para-hydroxylation sites is 2. The molecule has 0 spiro atoms. The van der Waals surface area contributed by atoms with E-state index in [0.717, 1.165) is 0 Å². The number of alkyl halides is 2. The molecule has 1 heterocycles. The smallest absolute Gasteiger partial charge is 0.277 e. The maximum atomic E-state index is 13.0. The monoisotopic (exact) mass is 327 g/mol. The van der Waals surface area contributed by atoms with Crippen molar-refractivity contribution < 1.29 is 23.1 Å². The third-order valence-electron chi connectivity index (χ3n) is 3.48. The van der Waals surface area contributed by atoms with Crippen LogP contribution in [0, 0.1) is 0 Å². The zero-order chi connectivity index (χ0) is 17.0. The molecule has 126 valence electrons. The van der Waals surface area contributed by atoms with Crippen molar-refractivity contribution in [3.05, 3.63) is 24.3 Å². The Balaban J connectivity index is 1.97. The molecule has 2 amide bonds. The van der Waals surface area contributed by atoms with E-state index in [1.807, 2.05) is 0 Å². The first-order chi connectivity index (χ1) is 10.8. The lowest BCUT2D eigenvalue weighted by molar-refractivity contribution is -0.126. The highest BCUT2D eigenvalue weighted by Crippen LogP contribution is 2.33. The van der Waals surface area contributed by atoms with E-state index in [2.05, 4.69) is 5.32 Å². The number of nitrogens with two attached hydrogens (primary N) is 1. The van der Waals surface area contributed by atoms with Crippen LogP contribution in [0.1, 0.15) is 13.3 Å². The summed E-state index contributed by atoms with van der Waals surface area (Å²) in [6.45, 7) is 0.0588. The minimum absolute atomic E-state index is 0.0869. The van der Waals surface area contributed by atoms with Crippen molar-refractivity contribution in [2.75, 3.05) is 24.5 Å². The average Bonchev–Trinajstić information content (AvgIpc) is 2.53. The van der Waals surface area contributed by atoms with E-state index in [-0.39, 0.29) is 18.9 Å². The van der Waals surface area contributed by atoms with Crippen LogP contribution in [0.3, 0.4) is 0 Å². The van der Waals surface area contributed by atoms with E-state index in [1.54, 1.807) is 31.2 Å². The Kier molecular flexibility index (Phi) is 5.15. The number of amides is 2. The van der Waals surface area contributed by atoms with E-state index in [0.29, 0.717) is 11.4 Å². The van der Waals surface area contributed by atoms with Crippen molar-refractivity contribution in [2.45, 2.75) is 25.4 Å². The molecule has 0 aromatic heterocycles. The number of carbonyl (C=O) groups excluding carboxylic acids is 2. The summed E-state index contributed by atoms with van der Waals surface area (Å²) >= 11 is 0. The molecule has 0 aliphatic carbocycles. The van der Waals surface area contributed by atoms with Crippen LogP contribution < -0.4 is 20.7 Å². The maximum Gasteiger partial charge on any atom is 0.277 e. The van der Waals surface area contributed by atoms with Gasteiger partial charge in [-0.3, -0.25) is 9.59 Å². The van der Waals surface area contributed by atoms with E-state index in [4.69, 9.17) is 10.5 Å². The SMILES string of the molecule is CC1Oc2ccccc2N(CCC(=O)NCC(F)(F)CN)C1=O. The van der Waals surface area contributed by atoms with Crippen LogP contribution in [0.15, 0.2) is 24.3 Å². The normalized spacial score (nSPS) is 17.5. The molecule has 0 bridgehead atoms. The van der Waals surface area contributed by atoms with Gasteiger partial charge in [-0.2, -0.15) is 0 Å². The first-order valence-electron chi connectivity index (χ1n) is 7.26. The highest BCUT2D eigenvalue weighted by atomic mass is 19.3. The molecule has 0 saturated heterocycles. The van der Waals surface area contributed by atoms with Crippen molar-refractivity contribution in [1.29, 1.82) is 0 Å². The van der Waals surface area contributed by atoms with Gasteiger partial charge in [0.2, 0.25) is 5.91 Å². The second-order valence-corrected chi connectivity index (χ2v) is 5.30. The number of benzene rings is 1. The number of ether oxygens (including phenoxy) is 1. The van der Waals surface area contributed by atoms with Crippen molar-refractivity contribution in [3.8, 4) is 5.75 Å². The molecule has 0 fully saturated rings. The predicted octanol–water partition coefficient (Wildman–Crippen LogP) is 0.901. The Hall–Kier alpha value is -2.22. The topological polar surface area (TPSA) is 84.7 Å². The maximum absolute atomic E-state index is 13.0. The molecule has 1 aliphatic rings. The van der Waals surface area contributed by atoms with Gasteiger partial charge in [0.25, 0.3) is 11.8 Å². The lowest BCUT2D eigenvalue weighted by atomic mass is 10.1. The zero-order valence-electron chi connectivity index (χ0n) is 12.7. The molecule has 3 N–H and O–H groups in total. The fourth-order valence-electron chi connectivity index (χ4n) is 2.19. The zero-order valence-corrected chi connectivity index (χ0v) is 12.7. The molecule has 1 aromatic carbocycles. The van der Waals surface area contributed by atoms with E-state index >= 15 is 0 Å². The fourth-order valence-corrected chi connectivity index (χ4v) is 2.19. The summed E-state index contributed by atoms with van der Waals surface area (Å²) in [4.78, 5) is 25.3. The molecule has 23 heavy (non-hydrogen) atoms. The first-order valence-corrected chi connectivity index (χ1v) is 7.26. The van der Waals surface area contributed by atoms with Crippen molar-refractivity contribution in [3.63, 3.8) is 0 Å². The van der Waals surface area contributed by atoms with Gasteiger partial charge in [-0.25, -0.2) is 8.78 Å². The Bertz CT molecular complexity index is 595. The van der Waals surface area contributed by atoms with Crippen LogP contribution in [-0.2, 0) is 9.59 Å². The molecule has 0 radical (unpaired) electrons. The molecule has 0 saturated carbocycles. The highest BCUT2D eigenvalue weighted by molar-refractivity contribution is 6.00. The van der Waals surface area contributed by atoms with Crippen molar-refractivity contribution in [2.24, 2.45) is 5.73 Å². The number of fused-ring (bicyclic) bond motifs is 1. The summed E-state index contributed by atoms with van der Waals surface area (Å²) < 4.78 is 31.5. The summed E-state index contributed by atoms with van der Waals surface area (Å²) in [6, 6.07) is 6.97. The van der Waals surface area contributed by atoms with Crippen LogP contribution in [0.25, 0.3) is 0 Å². The highest BCUT2D eigenvalue weighted by Gasteiger charge is 2.32. The number of rotatable bonds is 6. The van der Waals surface area contributed by atoms with Gasteiger partial charge in [0.1, 0.15) is 5.75 Å². The number of carbonyl (C=O) groups is 2. The van der Waals surface area contributed by atoms with Gasteiger partial charge in [0, 0.05) is 13.0 Å². The van der Waals surface area contributed by atoms with Gasteiger partial charge < -0.3 is 20.7 Å². The molecule has 2 rings (SSSR count).